The lowest BCUT2D eigenvalue weighted by Crippen LogP contribution is -2.88. The van der Waals surface area contributed by atoms with E-state index in [-0.39, 0.29) is 16.3 Å². The van der Waals surface area contributed by atoms with E-state index < -0.39 is 53.3 Å². The van der Waals surface area contributed by atoms with Crippen LogP contribution in [-0.2, 0) is 0 Å². The zero-order valence-corrected chi connectivity index (χ0v) is 16.5. The minimum Gasteiger partial charge on any atom is -0.266 e. The molecular weight excluding hydrogens is 454 g/mol. The van der Waals surface area contributed by atoms with Crippen molar-refractivity contribution < 1.29 is 31.1 Å². The SMILES string of the molecule is O=C(N/N=C\[C@@H]1C[C@H]2C[C@H]1[C@@]1(F)C(F)(F)C(F)(F)[C@@]21F)c1sc2ccccc2c1Cl. The maximum absolute atomic E-state index is 14.9. The van der Waals surface area contributed by atoms with Crippen molar-refractivity contribution in [2.75, 3.05) is 0 Å². The van der Waals surface area contributed by atoms with E-state index in [1.165, 1.54) is 0 Å². The number of amides is 1. The lowest BCUT2D eigenvalue weighted by atomic mass is 9.53. The molecule has 1 aromatic carbocycles. The first-order chi connectivity index (χ1) is 14.0. The molecule has 0 radical (unpaired) electrons. The second-order valence-electron chi connectivity index (χ2n) is 7.97. The van der Waals surface area contributed by atoms with E-state index in [1.807, 2.05) is 0 Å². The molecule has 3 nitrogen and oxygen atoms in total. The fourth-order valence-electron chi connectivity index (χ4n) is 5.33. The molecular formula is C19H13ClF6N2OS. The van der Waals surface area contributed by atoms with Gasteiger partial charge in [0.15, 0.2) is 0 Å². The number of rotatable bonds is 3. The van der Waals surface area contributed by atoms with Gasteiger partial charge in [-0.15, -0.1) is 11.3 Å². The molecule has 0 unspecified atom stereocenters. The summed E-state index contributed by atoms with van der Waals surface area (Å²) in [6, 6.07) is 7.05. The molecule has 30 heavy (non-hydrogen) atoms. The van der Waals surface area contributed by atoms with E-state index >= 15 is 0 Å². The Morgan fingerprint density at radius 1 is 1.10 bits per heavy atom. The predicted molar refractivity (Wildman–Crippen MR) is 100 cm³/mol. The molecule has 160 valence electrons. The number of alkyl halides is 6. The Balaban J connectivity index is 1.33. The van der Waals surface area contributed by atoms with Crippen LogP contribution in [0.1, 0.15) is 22.5 Å². The van der Waals surface area contributed by atoms with Gasteiger partial charge in [0.05, 0.1) is 5.02 Å². The Bertz CT molecular complexity index is 1110. The molecule has 11 heteroatoms. The number of halogens is 7. The van der Waals surface area contributed by atoms with Crippen LogP contribution in [0, 0.1) is 17.8 Å². The van der Waals surface area contributed by atoms with Gasteiger partial charge in [-0.2, -0.15) is 22.7 Å². The molecule has 1 heterocycles. The minimum atomic E-state index is -5.09. The Hall–Kier alpha value is -1.81. The number of fused-ring (bicyclic) bond motifs is 6. The van der Waals surface area contributed by atoms with E-state index in [0.717, 1.165) is 22.3 Å². The van der Waals surface area contributed by atoms with Crippen LogP contribution in [0.5, 0.6) is 0 Å². The summed E-state index contributed by atoms with van der Waals surface area (Å²) in [6.45, 7) is 0. The molecule has 1 amide bonds. The average Bonchev–Trinajstić information content (AvgIpc) is 3.33. The Kier molecular flexibility index (Phi) is 3.96. The van der Waals surface area contributed by atoms with E-state index in [4.69, 9.17) is 11.6 Å². The van der Waals surface area contributed by atoms with Gasteiger partial charge in [-0.1, -0.05) is 29.8 Å². The number of hydrogen-bond donors (Lipinski definition) is 1. The first kappa shape index (κ1) is 20.1. The van der Waals surface area contributed by atoms with Crippen molar-refractivity contribution in [3.8, 4) is 0 Å². The highest BCUT2D eigenvalue weighted by atomic mass is 35.5. The summed E-state index contributed by atoms with van der Waals surface area (Å²) < 4.78 is 85.5. The minimum absolute atomic E-state index is 0.179. The van der Waals surface area contributed by atoms with Gasteiger partial charge in [-0.05, 0) is 18.9 Å². The molecule has 5 atom stereocenters. The maximum Gasteiger partial charge on any atom is 0.350 e. The summed E-state index contributed by atoms with van der Waals surface area (Å²) in [5, 5.41) is 4.59. The van der Waals surface area contributed by atoms with Crippen molar-refractivity contribution in [2.24, 2.45) is 22.9 Å². The highest BCUT2D eigenvalue weighted by Crippen LogP contribution is 2.81. The molecule has 0 spiro atoms. The van der Waals surface area contributed by atoms with Gasteiger partial charge in [0, 0.05) is 34.1 Å². The lowest BCUT2D eigenvalue weighted by molar-refractivity contribution is -0.449. The second-order valence-corrected chi connectivity index (χ2v) is 9.40. The topological polar surface area (TPSA) is 41.5 Å². The zero-order chi connectivity index (χ0) is 21.7. The van der Waals surface area contributed by atoms with Gasteiger partial charge in [-0.25, -0.2) is 14.2 Å². The summed E-state index contributed by atoms with van der Waals surface area (Å²) in [5.74, 6) is -15.0. The van der Waals surface area contributed by atoms with Crippen molar-refractivity contribution in [2.45, 2.75) is 36.0 Å². The van der Waals surface area contributed by atoms with Gasteiger partial charge in [0.1, 0.15) is 4.88 Å². The predicted octanol–water partition coefficient (Wildman–Crippen LogP) is 5.63. The van der Waals surface area contributed by atoms with Crippen LogP contribution in [0.4, 0.5) is 26.3 Å². The average molecular weight is 467 g/mol. The molecule has 3 fully saturated rings. The highest BCUT2D eigenvalue weighted by molar-refractivity contribution is 7.21. The molecule has 0 saturated heterocycles. The number of benzene rings is 1. The van der Waals surface area contributed by atoms with Crippen molar-refractivity contribution in [1.82, 2.24) is 5.43 Å². The summed E-state index contributed by atoms with van der Waals surface area (Å²) in [5.41, 5.74) is -5.62. The van der Waals surface area contributed by atoms with Gasteiger partial charge in [0.25, 0.3) is 5.91 Å². The molecule has 3 aliphatic rings. The maximum atomic E-state index is 14.9. The van der Waals surface area contributed by atoms with Crippen LogP contribution in [0.3, 0.4) is 0 Å². The molecule has 2 aromatic rings. The number of nitrogens with one attached hydrogen (secondary N) is 1. The molecule has 0 aliphatic heterocycles. The van der Waals surface area contributed by atoms with Gasteiger partial charge in [-0.3, -0.25) is 4.79 Å². The Labute approximate surface area is 175 Å². The van der Waals surface area contributed by atoms with E-state index in [9.17, 15) is 31.1 Å². The summed E-state index contributed by atoms with van der Waals surface area (Å²) >= 11 is 7.32. The van der Waals surface area contributed by atoms with E-state index in [1.54, 1.807) is 24.3 Å². The summed E-state index contributed by atoms with van der Waals surface area (Å²) in [7, 11) is 0. The van der Waals surface area contributed by atoms with Crippen LogP contribution >= 0.6 is 22.9 Å². The van der Waals surface area contributed by atoms with E-state index in [0.29, 0.717) is 5.39 Å². The number of hydrogen-bond acceptors (Lipinski definition) is 3. The van der Waals surface area contributed by atoms with Gasteiger partial charge >= 0.3 is 11.8 Å². The van der Waals surface area contributed by atoms with Crippen LogP contribution in [0.15, 0.2) is 29.4 Å². The number of thiophene rings is 1. The van der Waals surface area contributed by atoms with Crippen LogP contribution in [-0.4, -0.2) is 35.3 Å². The molecule has 2 bridgehead atoms. The molecule has 5 rings (SSSR count). The van der Waals surface area contributed by atoms with Crippen molar-refractivity contribution in [3.05, 3.63) is 34.2 Å². The third-order valence-corrected chi connectivity index (χ3v) is 8.37. The van der Waals surface area contributed by atoms with Crippen LogP contribution in [0.25, 0.3) is 10.1 Å². The number of hydrazone groups is 1. The largest absolute Gasteiger partial charge is 0.350 e. The van der Waals surface area contributed by atoms with Crippen molar-refractivity contribution >= 4 is 45.1 Å². The first-order valence-electron chi connectivity index (χ1n) is 9.12. The molecule has 3 aliphatic carbocycles. The third kappa shape index (κ3) is 2.00. The second kappa shape index (κ2) is 5.91. The fraction of sp³-hybridized carbons (Fsp3) is 0.474. The molecule has 3 saturated carbocycles. The van der Waals surface area contributed by atoms with Gasteiger partial charge in [0.2, 0.25) is 11.3 Å². The Morgan fingerprint density at radius 2 is 1.77 bits per heavy atom. The number of nitrogens with zero attached hydrogens (tertiary/aromatic N) is 1. The first-order valence-corrected chi connectivity index (χ1v) is 10.3. The third-order valence-electron chi connectivity index (χ3n) is 6.70. The fourth-order valence-corrected chi connectivity index (χ4v) is 6.73. The smallest absolute Gasteiger partial charge is 0.266 e. The van der Waals surface area contributed by atoms with Crippen LogP contribution < -0.4 is 5.43 Å². The lowest BCUT2D eigenvalue weighted by Gasteiger charge is -2.61. The number of carbonyl (C=O) groups excluding carboxylic acids is 1. The molecule has 1 N–H and O–H groups in total. The summed E-state index contributed by atoms with van der Waals surface area (Å²) in [4.78, 5) is 12.5. The van der Waals surface area contributed by atoms with Crippen molar-refractivity contribution in [1.29, 1.82) is 0 Å². The monoisotopic (exact) mass is 466 g/mol. The highest BCUT2D eigenvalue weighted by Gasteiger charge is 3.03. The van der Waals surface area contributed by atoms with Crippen LogP contribution in [0.2, 0.25) is 5.02 Å². The molecule has 1 aromatic heterocycles. The zero-order valence-electron chi connectivity index (χ0n) is 14.9. The standard InChI is InChI=1S/C19H13ClF6N2OS/c20-13-10-3-1-2-4-12(10)30-14(13)15(29)28-27-7-8-5-9-6-11(8)17(22)16(9,21)18(23,24)19(17,25)26/h1-4,7-9,11H,5-6H2,(H,28,29)/b27-7-/t8-,9-,11+,16+,17-/m0/s1. The normalized spacial score (nSPS) is 38.0. The van der Waals surface area contributed by atoms with E-state index in [2.05, 4.69) is 10.5 Å². The summed E-state index contributed by atoms with van der Waals surface area (Å²) in [6.07, 6.45) is 0.351. The number of carbonyl (C=O) groups is 1. The quantitative estimate of drug-likeness (QED) is 0.356. The Morgan fingerprint density at radius 3 is 2.47 bits per heavy atom. The van der Waals surface area contributed by atoms with Crippen molar-refractivity contribution in [3.63, 3.8) is 0 Å². The van der Waals surface area contributed by atoms with Gasteiger partial charge < -0.3 is 0 Å².